The third-order valence-corrected chi connectivity index (χ3v) is 2.86. The quantitative estimate of drug-likeness (QED) is 0.898. The van der Waals surface area contributed by atoms with Crippen LogP contribution in [0, 0.1) is 0 Å². The molecule has 0 aliphatic heterocycles. The second-order valence-electron chi connectivity index (χ2n) is 4.90. The largest absolute Gasteiger partial charge is 0.508 e. The molecule has 20 heavy (non-hydrogen) atoms. The molecule has 4 heteroatoms. The predicted molar refractivity (Wildman–Crippen MR) is 79.9 cm³/mol. The lowest BCUT2D eigenvalue weighted by atomic mass is 10.1. The number of anilines is 1. The fourth-order valence-corrected chi connectivity index (χ4v) is 1.96. The minimum atomic E-state index is -0.230. The fourth-order valence-electron chi connectivity index (χ4n) is 1.96. The normalized spacial score (nSPS) is 10.6. The molecule has 0 aromatic heterocycles. The molecule has 0 spiro atoms. The average Bonchev–Trinajstić information content (AvgIpc) is 2.40. The Bertz CT molecular complexity index is 609. The van der Waals surface area contributed by atoms with Crippen LogP contribution < -0.4 is 5.32 Å². The Morgan fingerprint density at radius 1 is 1.15 bits per heavy atom. The maximum Gasteiger partial charge on any atom is 0.255 e. The van der Waals surface area contributed by atoms with Crippen LogP contribution in [0.5, 0.6) is 5.75 Å². The van der Waals surface area contributed by atoms with E-state index < -0.39 is 0 Å². The van der Waals surface area contributed by atoms with E-state index in [0.29, 0.717) is 5.56 Å². The van der Waals surface area contributed by atoms with Crippen molar-refractivity contribution in [3.05, 3.63) is 59.7 Å². The molecule has 0 atom stereocenters. The van der Waals surface area contributed by atoms with Gasteiger partial charge in [0.1, 0.15) is 5.75 Å². The molecule has 0 radical (unpaired) electrons. The highest BCUT2D eigenvalue weighted by Crippen LogP contribution is 2.18. The Hall–Kier alpha value is -2.33. The number of rotatable bonds is 4. The van der Waals surface area contributed by atoms with Gasteiger partial charge in [0.25, 0.3) is 5.91 Å². The molecular formula is C16H18N2O2. The van der Waals surface area contributed by atoms with Crippen LogP contribution in [-0.2, 0) is 6.54 Å². The Balaban J connectivity index is 2.19. The summed E-state index contributed by atoms with van der Waals surface area (Å²) in [5, 5.41) is 12.3. The van der Waals surface area contributed by atoms with Gasteiger partial charge in [-0.1, -0.05) is 24.3 Å². The van der Waals surface area contributed by atoms with Gasteiger partial charge in [-0.15, -0.1) is 0 Å². The molecule has 0 bridgehead atoms. The van der Waals surface area contributed by atoms with Crippen LogP contribution in [-0.4, -0.2) is 30.0 Å². The van der Waals surface area contributed by atoms with Gasteiger partial charge < -0.3 is 15.3 Å². The van der Waals surface area contributed by atoms with Gasteiger partial charge in [0.05, 0.1) is 0 Å². The molecule has 2 aromatic carbocycles. The van der Waals surface area contributed by atoms with Gasteiger partial charge in [-0.3, -0.25) is 4.79 Å². The van der Waals surface area contributed by atoms with E-state index >= 15 is 0 Å². The van der Waals surface area contributed by atoms with Crippen LogP contribution in [0.2, 0.25) is 0 Å². The number of hydrogen-bond donors (Lipinski definition) is 2. The summed E-state index contributed by atoms with van der Waals surface area (Å²) in [6.07, 6.45) is 0. The summed E-state index contributed by atoms with van der Waals surface area (Å²) >= 11 is 0. The third kappa shape index (κ3) is 3.59. The lowest BCUT2D eigenvalue weighted by molar-refractivity contribution is 0.102. The van der Waals surface area contributed by atoms with Gasteiger partial charge in [-0.05, 0) is 43.9 Å². The maximum atomic E-state index is 12.2. The van der Waals surface area contributed by atoms with E-state index in [9.17, 15) is 9.90 Å². The number of carbonyl (C=O) groups excluding carboxylic acids is 1. The monoisotopic (exact) mass is 270 g/mol. The van der Waals surface area contributed by atoms with E-state index in [0.717, 1.165) is 17.8 Å². The molecule has 0 heterocycles. The van der Waals surface area contributed by atoms with Crippen LogP contribution in [0.4, 0.5) is 5.69 Å². The molecule has 2 rings (SSSR count). The zero-order valence-corrected chi connectivity index (χ0v) is 11.6. The molecule has 0 saturated carbocycles. The topological polar surface area (TPSA) is 52.6 Å². The maximum absolute atomic E-state index is 12.2. The van der Waals surface area contributed by atoms with E-state index in [1.807, 2.05) is 43.3 Å². The molecule has 104 valence electrons. The van der Waals surface area contributed by atoms with Gasteiger partial charge in [0.15, 0.2) is 0 Å². The number of nitrogens with one attached hydrogen (secondary N) is 1. The van der Waals surface area contributed by atoms with Gasteiger partial charge >= 0.3 is 0 Å². The Morgan fingerprint density at radius 3 is 2.60 bits per heavy atom. The van der Waals surface area contributed by atoms with Crippen molar-refractivity contribution in [1.82, 2.24) is 4.90 Å². The number of aromatic hydroxyl groups is 1. The van der Waals surface area contributed by atoms with Crippen molar-refractivity contribution in [3.63, 3.8) is 0 Å². The Labute approximate surface area is 118 Å². The third-order valence-electron chi connectivity index (χ3n) is 2.86. The molecule has 4 nitrogen and oxygen atoms in total. The molecule has 2 N–H and O–H groups in total. The predicted octanol–water partition coefficient (Wildman–Crippen LogP) is 2.71. The molecule has 0 saturated heterocycles. The first-order valence-electron chi connectivity index (χ1n) is 6.39. The van der Waals surface area contributed by atoms with E-state index in [1.54, 1.807) is 12.1 Å². The van der Waals surface area contributed by atoms with Crippen LogP contribution >= 0.6 is 0 Å². The fraction of sp³-hybridized carbons (Fsp3) is 0.188. The van der Waals surface area contributed by atoms with Crippen molar-refractivity contribution in [1.29, 1.82) is 0 Å². The van der Waals surface area contributed by atoms with Crippen molar-refractivity contribution in [2.45, 2.75) is 6.54 Å². The summed E-state index contributed by atoms with van der Waals surface area (Å²) in [6.45, 7) is 0.747. The molecule has 2 aromatic rings. The standard InChI is InChI=1S/C16H18N2O2/c1-18(2)11-13-6-3-4-9-15(13)17-16(20)12-7-5-8-14(19)10-12/h3-10,19H,11H2,1-2H3,(H,17,20). The van der Waals surface area contributed by atoms with Crippen molar-refractivity contribution < 1.29 is 9.90 Å². The summed E-state index contributed by atoms with van der Waals surface area (Å²) in [5.41, 5.74) is 2.27. The summed E-state index contributed by atoms with van der Waals surface area (Å²) < 4.78 is 0. The van der Waals surface area contributed by atoms with Crippen LogP contribution in [0.25, 0.3) is 0 Å². The summed E-state index contributed by atoms with van der Waals surface area (Å²) in [5.74, 6) is -0.147. The van der Waals surface area contributed by atoms with Crippen molar-refractivity contribution in [2.75, 3.05) is 19.4 Å². The van der Waals surface area contributed by atoms with Crippen LogP contribution in [0.1, 0.15) is 15.9 Å². The number of nitrogens with zero attached hydrogens (tertiary/aromatic N) is 1. The van der Waals surface area contributed by atoms with E-state index in [-0.39, 0.29) is 11.7 Å². The van der Waals surface area contributed by atoms with Gasteiger partial charge in [-0.25, -0.2) is 0 Å². The number of benzene rings is 2. The number of amides is 1. The number of hydrogen-bond acceptors (Lipinski definition) is 3. The number of para-hydroxylation sites is 1. The second kappa shape index (κ2) is 6.21. The van der Waals surface area contributed by atoms with Gasteiger partial charge in [0, 0.05) is 17.8 Å². The van der Waals surface area contributed by atoms with Gasteiger partial charge in [0.2, 0.25) is 0 Å². The minimum absolute atomic E-state index is 0.0826. The second-order valence-corrected chi connectivity index (χ2v) is 4.90. The SMILES string of the molecule is CN(C)Cc1ccccc1NC(=O)c1cccc(O)c1. The van der Waals surface area contributed by atoms with Crippen LogP contribution in [0.15, 0.2) is 48.5 Å². The van der Waals surface area contributed by atoms with E-state index in [4.69, 9.17) is 0 Å². The zero-order chi connectivity index (χ0) is 14.5. The van der Waals surface area contributed by atoms with Gasteiger partial charge in [-0.2, -0.15) is 0 Å². The first-order valence-corrected chi connectivity index (χ1v) is 6.39. The Morgan fingerprint density at radius 2 is 1.90 bits per heavy atom. The van der Waals surface area contributed by atoms with Crippen molar-refractivity contribution in [2.24, 2.45) is 0 Å². The smallest absolute Gasteiger partial charge is 0.255 e. The Kier molecular flexibility index (Phi) is 4.38. The lowest BCUT2D eigenvalue weighted by Crippen LogP contribution is -2.16. The number of carbonyl (C=O) groups is 1. The highest BCUT2D eigenvalue weighted by atomic mass is 16.3. The zero-order valence-electron chi connectivity index (χ0n) is 11.6. The molecule has 0 aliphatic carbocycles. The summed E-state index contributed by atoms with van der Waals surface area (Å²) in [4.78, 5) is 14.2. The van der Waals surface area contributed by atoms with E-state index in [2.05, 4.69) is 5.32 Å². The average molecular weight is 270 g/mol. The number of phenolic OH excluding ortho intramolecular Hbond substituents is 1. The van der Waals surface area contributed by atoms with Crippen LogP contribution in [0.3, 0.4) is 0 Å². The molecule has 0 unspecified atom stereocenters. The highest BCUT2D eigenvalue weighted by Gasteiger charge is 2.09. The summed E-state index contributed by atoms with van der Waals surface area (Å²) in [6, 6.07) is 14.0. The molecule has 0 aliphatic rings. The minimum Gasteiger partial charge on any atom is -0.508 e. The van der Waals surface area contributed by atoms with Crippen molar-refractivity contribution >= 4 is 11.6 Å². The number of phenols is 1. The van der Waals surface area contributed by atoms with E-state index in [1.165, 1.54) is 12.1 Å². The first kappa shape index (κ1) is 14.1. The highest BCUT2D eigenvalue weighted by molar-refractivity contribution is 6.04. The lowest BCUT2D eigenvalue weighted by Gasteiger charge is -2.15. The van der Waals surface area contributed by atoms with Crippen molar-refractivity contribution in [3.8, 4) is 5.75 Å². The summed E-state index contributed by atoms with van der Waals surface area (Å²) in [7, 11) is 3.96. The first-order chi connectivity index (χ1) is 9.56. The molecule has 0 fully saturated rings. The molecular weight excluding hydrogens is 252 g/mol. The molecule has 1 amide bonds.